The van der Waals surface area contributed by atoms with E-state index in [4.69, 9.17) is 0 Å². The van der Waals surface area contributed by atoms with E-state index in [2.05, 4.69) is 10.3 Å². The lowest BCUT2D eigenvalue weighted by Gasteiger charge is -2.12. The van der Waals surface area contributed by atoms with Gasteiger partial charge in [0.05, 0.1) is 11.1 Å². The lowest BCUT2D eigenvalue weighted by Crippen LogP contribution is -2.09. The summed E-state index contributed by atoms with van der Waals surface area (Å²) in [5, 5.41) is 4.21. The minimum Gasteiger partial charge on any atom is -0.388 e. The molecular weight excluding hydrogens is 313 g/mol. The first kappa shape index (κ1) is 20.1. The number of rotatable bonds is 2. The third kappa shape index (κ3) is 6.71. The van der Waals surface area contributed by atoms with Crippen LogP contribution in [0.5, 0.6) is 0 Å². The number of alkyl halides is 3. The van der Waals surface area contributed by atoms with E-state index in [0.717, 1.165) is 12.4 Å². The molecule has 0 radical (unpaired) electrons. The SMILES string of the molecule is CC.CNc1ccc(C)cc1C(F)(F)F.O=Cc1cscn1. The summed E-state index contributed by atoms with van der Waals surface area (Å²) in [6.45, 7) is 5.63. The Morgan fingerprint density at radius 3 is 2.27 bits per heavy atom. The zero-order valence-corrected chi connectivity index (χ0v) is 13.7. The summed E-state index contributed by atoms with van der Waals surface area (Å²) in [5.74, 6) is 0. The van der Waals surface area contributed by atoms with Gasteiger partial charge in [0.15, 0.2) is 6.29 Å². The Labute approximate surface area is 132 Å². The predicted octanol–water partition coefficient (Wildman–Crippen LogP) is 5.04. The van der Waals surface area contributed by atoms with Crippen molar-refractivity contribution in [3.63, 3.8) is 0 Å². The van der Waals surface area contributed by atoms with Crippen LogP contribution in [0.2, 0.25) is 0 Å². The topological polar surface area (TPSA) is 42.0 Å². The minimum atomic E-state index is -4.29. The number of benzene rings is 1. The zero-order chi connectivity index (χ0) is 17.2. The fraction of sp³-hybridized carbons (Fsp3) is 0.333. The fourth-order valence-electron chi connectivity index (χ4n) is 1.39. The number of anilines is 1. The summed E-state index contributed by atoms with van der Waals surface area (Å²) >= 11 is 1.42. The molecule has 7 heteroatoms. The van der Waals surface area contributed by atoms with E-state index in [9.17, 15) is 18.0 Å². The Bertz CT molecular complexity index is 554. The van der Waals surface area contributed by atoms with Gasteiger partial charge in [0, 0.05) is 18.1 Å². The van der Waals surface area contributed by atoms with Crippen LogP contribution in [0.3, 0.4) is 0 Å². The third-order valence-electron chi connectivity index (χ3n) is 2.32. The van der Waals surface area contributed by atoms with Crippen LogP contribution in [-0.2, 0) is 6.18 Å². The van der Waals surface area contributed by atoms with Gasteiger partial charge in [-0.05, 0) is 19.1 Å². The highest BCUT2D eigenvalue weighted by atomic mass is 32.1. The van der Waals surface area contributed by atoms with Crippen LogP contribution in [0, 0.1) is 6.92 Å². The van der Waals surface area contributed by atoms with Gasteiger partial charge in [-0.1, -0.05) is 25.5 Å². The van der Waals surface area contributed by atoms with E-state index in [1.165, 1.54) is 24.5 Å². The molecule has 122 valence electrons. The van der Waals surface area contributed by atoms with Crippen molar-refractivity contribution in [2.24, 2.45) is 0 Å². The van der Waals surface area contributed by atoms with E-state index < -0.39 is 11.7 Å². The summed E-state index contributed by atoms with van der Waals surface area (Å²) in [4.78, 5) is 13.5. The van der Waals surface area contributed by atoms with Crippen molar-refractivity contribution in [2.75, 3.05) is 12.4 Å². The lowest BCUT2D eigenvalue weighted by molar-refractivity contribution is -0.137. The maximum atomic E-state index is 12.4. The quantitative estimate of drug-likeness (QED) is 0.784. The van der Waals surface area contributed by atoms with E-state index in [1.807, 2.05) is 13.8 Å². The standard InChI is InChI=1S/C9H10F3N.C4H3NOS.C2H6/c1-6-3-4-8(13-2)7(5-6)9(10,11)12;6-1-4-2-7-3-5-4;1-2/h3-5,13H,1-2H3;1-3H;1-2H3. The van der Waals surface area contributed by atoms with Crippen LogP contribution >= 0.6 is 11.3 Å². The van der Waals surface area contributed by atoms with Gasteiger partial charge in [-0.15, -0.1) is 11.3 Å². The van der Waals surface area contributed by atoms with Gasteiger partial charge in [0.25, 0.3) is 0 Å². The Hall–Kier alpha value is -1.89. The fourth-order valence-corrected chi connectivity index (χ4v) is 1.89. The summed E-state index contributed by atoms with van der Waals surface area (Å²) in [6.07, 6.45) is -3.55. The number of hydrogen-bond acceptors (Lipinski definition) is 4. The van der Waals surface area contributed by atoms with Crippen molar-refractivity contribution in [1.82, 2.24) is 4.98 Å². The van der Waals surface area contributed by atoms with Gasteiger partial charge in [-0.25, -0.2) is 4.98 Å². The third-order valence-corrected chi connectivity index (χ3v) is 2.93. The second-order valence-electron chi connectivity index (χ2n) is 3.83. The zero-order valence-electron chi connectivity index (χ0n) is 12.9. The van der Waals surface area contributed by atoms with Gasteiger partial charge in [0.1, 0.15) is 5.69 Å². The molecule has 0 unspecified atom stereocenters. The van der Waals surface area contributed by atoms with Crippen molar-refractivity contribution in [1.29, 1.82) is 0 Å². The Kier molecular flexibility index (Phi) is 9.09. The molecule has 2 rings (SSSR count). The number of carbonyl (C=O) groups excluding carboxylic acids is 1. The number of halogens is 3. The smallest absolute Gasteiger partial charge is 0.388 e. The van der Waals surface area contributed by atoms with Crippen LogP contribution in [0.25, 0.3) is 0 Å². The van der Waals surface area contributed by atoms with Gasteiger partial charge in [0.2, 0.25) is 0 Å². The van der Waals surface area contributed by atoms with Gasteiger partial charge in [-0.3, -0.25) is 4.79 Å². The Morgan fingerprint density at radius 1 is 1.27 bits per heavy atom. The largest absolute Gasteiger partial charge is 0.418 e. The van der Waals surface area contributed by atoms with Gasteiger partial charge >= 0.3 is 6.18 Å². The molecule has 0 saturated carbocycles. The lowest BCUT2D eigenvalue weighted by atomic mass is 10.1. The number of hydrogen-bond donors (Lipinski definition) is 1. The Balaban J connectivity index is 0.000000412. The molecule has 0 bridgehead atoms. The van der Waals surface area contributed by atoms with Gasteiger partial charge < -0.3 is 5.32 Å². The van der Waals surface area contributed by atoms with Gasteiger partial charge in [-0.2, -0.15) is 13.2 Å². The molecule has 1 heterocycles. The first-order valence-corrected chi connectivity index (χ1v) is 7.51. The van der Waals surface area contributed by atoms with E-state index >= 15 is 0 Å². The monoisotopic (exact) mass is 332 g/mol. The molecule has 1 aromatic heterocycles. The van der Waals surface area contributed by atoms with Crippen LogP contribution < -0.4 is 5.32 Å². The van der Waals surface area contributed by atoms with E-state index in [-0.39, 0.29) is 5.69 Å². The summed E-state index contributed by atoms with van der Waals surface area (Å²) in [7, 11) is 1.47. The van der Waals surface area contributed by atoms with Crippen molar-refractivity contribution >= 4 is 23.3 Å². The van der Waals surface area contributed by atoms with Crippen molar-refractivity contribution in [3.8, 4) is 0 Å². The highest BCUT2D eigenvalue weighted by molar-refractivity contribution is 7.07. The number of aryl methyl sites for hydroxylation is 1. The molecule has 3 nitrogen and oxygen atoms in total. The highest BCUT2D eigenvalue weighted by Gasteiger charge is 2.33. The number of nitrogens with one attached hydrogen (secondary N) is 1. The van der Waals surface area contributed by atoms with Crippen molar-refractivity contribution in [2.45, 2.75) is 26.9 Å². The Morgan fingerprint density at radius 2 is 1.91 bits per heavy atom. The predicted molar refractivity (Wildman–Crippen MR) is 84.6 cm³/mol. The maximum Gasteiger partial charge on any atom is 0.418 e. The summed E-state index contributed by atoms with van der Waals surface area (Å²) < 4.78 is 37.1. The molecule has 2 aromatic rings. The maximum absolute atomic E-state index is 12.4. The van der Waals surface area contributed by atoms with Crippen LogP contribution in [0.4, 0.5) is 18.9 Å². The molecule has 0 saturated heterocycles. The first-order chi connectivity index (χ1) is 10.4. The molecular formula is C15H19F3N2OS. The molecule has 0 aliphatic carbocycles. The highest BCUT2D eigenvalue weighted by Crippen LogP contribution is 2.35. The van der Waals surface area contributed by atoms with Crippen LogP contribution in [-0.4, -0.2) is 18.3 Å². The number of thiazole rings is 1. The molecule has 0 aliphatic rings. The number of aromatic nitrogens is 1. The number of nitrogens with zero attached hydrogens (tertiary/aromatic N) is 1. The molecule has 0 amide bonds. The number of carbonyl (C=O) groups is 1. The van der Waals surface area contributed by atoms with Crippen LogP contribution in [0.15, 0.2) is 29.1 Å². The molecule has 22 heavy (non-hydrogen) atoms. The van der Waals surface area contributed by atoms with Crippen LogP contribution in [0.1, 0.15) is 35.5 Å². The molecule has 1 N–H and O–H groups in total. The summed E-state index contributed by atoms with van der Waals surface area (Å²) in [6, 6.07) is 4.20. The van der Waals surface area contributed by atoms with Crippen molar-refractivity contribution < 1.29 is 18.0 Å². The van der Waals surface area contributed by atoms with E-state index in [1.54, 1.807) is 23.9 Å². The second-order valence-corrected chi connectivity index (χ2v) is 4.55. The second kappa shape index (κ2) is 9.94. The normalized spacial score (nSPS) is 9.77. The average molecular weight is 332 g/mol. The molecule has 0 aliphatic heterocycles. The van der Waals surface area contributed by atoms with E-state index in [0.29, 0.717) is 11.3 Å². The molecule has 0 spiro atoms. The number of aldehydes is 1. The molecule has 1 aromatic carbocycles. The average Bonchev–Trinajstić information content (AvgIpc) is 3.02. The first-order valence-electron chi connectivity index (χ1n) is 6.57. The molecule has 0 fully saturated rings. The minimum absolute atomic E-state index is 0.109. The molecule has 0 atom stereocenters. The van der Waals surface area contributed by atoms with Crippen molar-refractivity contribution in [3.05, 3.63) is 45.9 Å². The summed E-state index contributed by atoms with van der Waals surface area (Å²) in [5.41, 5.74) is 2.24.